The molecule has 2 aromatic carbocycles. The minimum Gasteiger partial charge on any atom is -0.492 e. The molecule has 0 aliphatic rings. The first-order valence-corrected chi connectivity index (χ1v) is 10.5. The fourth-order valence-corrected chi connectivity index (χ4v) is 3.98. The second-order valence-electron chi connectivity index (χ2n) is 7.04. The molecule has 0 aliphatic carbocycles. The quantitative estimate of drug-likeness (QED) is 0.349. The van der Waals surface area contributed by atoms with Gasteiger partial charge < -0.3 is 9.64 Å². The van der Waals surface area contributed by atoms with Crippen LogP contribution in [0.2, 0.25) is 0 Å². The van der Waals surface area contributed by atoms with E-state index in [1.54, 1.807) is 6.07 Å². The Balaban J connectivity index is 2.09. The molecule has 0 saturated carbocycles. The molecule has 0 spiro atoms. The first kappa shape index (κ1) is 23.0. The molecule has 3 aromatic rings. The molecule has 0 radical (unpaired) electrons. The van der Waals surface area contributed by atoms with Gasteiger partial charge in [-0.05, 0) is 33.2 Å². The molecule has 1 amide bonds. The van der Waals surface area contributed by atoms with Crippen LogP contribution in [-0.2, 0) is 0 Å². The molecular weight excluding hydrogens is 438 g/mol. The Morgan fingerprint density at radius 1 is 1.09 bits per heavy atom. The zero-order chi connectivity index (χ0) is 23.4. The van der Waals surface area contributed by atoms with Crippen LogP contribution in [0.3, 0.4) is 0 Å². The topological polar surface area (TPSA) is 132 Å². The van der Waals surface area contributed by atoms with Crippen LogP contribution in [0.1, 0.15) is 17.3 Å². The SMILES string of the molecule is CCOc1cccc2sc(N(CCN(C)C)C(=O)c3cc([N+](=O)[O-])cc([N+](=O)[O-])c3)nc12. The molecule has 0 saturated heterocycles. The van der Waals surface area contributed by atoms with Gasteiger partial charge in [-0.25, -0.2) is 4.98 Å². The fraction of sp³-hybridized carbons (Fsp3) is 0.300. The maximum atomic E-state index is 13.4. The number of nitro benzene ring substituents is 2. The monoisotopic (exact) mass is 459 g/mol. The number of hydrogen-bond acceptors (Lipinski definition) is 9. The summed E-state index contributed by atoms with van der Waals surface area (Å²) in [4.78, 5) is 42.2. The summed E-state index contributed by atoms with van der Waals surface area (Å²) in [6.45, 7) is 3.02. The van der Waals surface area contributed by atoms with Crippen LogP contribution in [0, 0.1) is 20.2 Å². The normalized spacial score (nSPS) is 11.0. The van der Waals surface area contributed by atoms with Gasteiger partial charge in [0.05, 0.1) is 32.8 Å². The number of nitrogens with zero attached hydrogens (tertiary/aromatic N) is 5. The average molecular weight is 459 g/mol. The lowest BCUT2D eigenvalue weighted by Crippen LogP contribution is -2.36. The molecule has 0 fully saturated rings. The molecule has 0 unspecified atom stereocenters. The summed E-state index contributed by atoms with van der Waals surface area (Å²) in [5.74, 6) is -0.0332. The molecule has 12 heteroatoms. The molecular formula is C20H21N5O6S. The van der Waals surface area contributed by atoms with E-state index < -0.39 is 27.1 Å². The van der Waals surface area contributed by atoms with E-state index >= 15 is 0 Å². The van der Waals surface area contributed by atoms with Gasteiger partial charge in [0.15, 0.2) is 5.13 Å². The Labute approximate surface area is 187 Å². The summed E-state index contributed by atoms with van der Waals surface area (Å²) in [5.41, 5.74) is -0.618. The van der Waals surface area contributed by atoms with Crippen molar-refractivity contribution in [3.8, 4) is 5.75 Å². The summed E-state index contributed by atoms with van der Waals surface area (Å²) >= 11 is 1.27. The van der Waals surface area contributed by atoms with Gasteiger partial charge in [-0.3, -0.25) is 29.9 Å². The van der Waals surface area contributed by atoms with E-state index in [4.69, 9.17) is 4.74 Å². The molecule has 0 aliphatic heterocycles. The number of carbonyl (C=O) groups excluding carboxylic acids is 1. The standard InChI is InChI=1S/C20H21N5O6S/c1-4-31-16-6-5-7-17-18(16)21-20(32-17)23(9-8-22(2)3)19(26)13-10-14(24(27)28)12-15(11-13)25(29)30/h5-7,10-12H,4,8-9H2,1-3H3. The first-order valence-electron chi connectivity index (χ1n) is 9.64. The number of aromatic nitrogens is 1. The van der Waals surface area contributed by atoms with Crippen molar-refractivity contribution in [3.63, 3.8) is 0 Å². The van der Waals surface area contributed by atoms with Crippen LogP contribution in [0.15, 0.2) is 36.4 Å². The zero-order valence-electron chi connectivity index (χ0n) is 17.7. The lowest BCUT2D eigenvalue weighted by Gasteiger charge is -2.22. The third kappa shape index (κ3) is 4.98. The largest absolute Gasteiger partial charge is 0.492 e. The Bertz CT molecular complexity index is 1150. The van der Waals surface area contributed by atoms with Gasteiger partial charge in [0, 0.05) is 25.2 Å². The summed E-state index contributed by atoms with van der Waals surface area (Å²) in [7, 11) is 3.68. The van der Waals surface area contributed by atoms with Crippen molar-refractivity contribution in [2.75, 3.05) is 38.7 Å². The number of benzene rings is 2. The number of fused-ring (bicyclic) bond motifs is 1. The maximum absolute atomic E-state index is 13.4. The first-order chi connectivity index (χ1) is 15.2. The van der Waals surface area contributed by atoms with E-state index in [9.17, 15) is 25.0 Å². The lowest BCUT2D eigenvalue weighted by molar-refractivity contribution is -0.394. The highest BCUT2D eigenvalue weighted by molar-refractivity contribution is 7.22. The number of rotatable bonds is 9. The van der Waals surface area contributed by atoms with Crippen molar-refractivity contribution in [2.45, 2.75) is 6.92 Å². The summed E-state index contributed by atoms with van der Waals surface area (Å²) in [5, 5.41) is 22.9. The van der Waals surface area contributed by atoms with Crippen LogP contribution in [0.4, 0.5) is 16.5 Å². The van der Waals surface area contributed by atoms with Gasteiger partial charge in [0.25, 0.3) is 17.3 Å². The van der Waals surface area contributed by atoms with E-state index in [0.717, 1.165) is 22.9 Å². The van der Waals surface area contributed by atoms with E-state index in [1.165, 1.54) is 16.2 Å². The molecule has 32 heavy (non-hydrogen) atoms. The maximum Gasteiger partial charge on any atom is 0.277 e. The fourth-order valence-electron chi connectivity index (χ4n) is 2.97. The third-order valence-corrected chi connectivity index (χ3v) is 5.53. The Kier molecular flexibility index (Phi) is 6.95. The predicted molar refractivity (Wildman–Crippen MR) is 121 cm³/mol. The number of thiazole rings is 1. The minimum absolute atomic E-state index is 0.158. The number of carbonyl (C=O) groups is 1. The van der Waals surface area contributed by atoms with Gasteiger partial charge in [-0.15, -0.1) is 0 Å². The number of hydrogen-bond donors (Lipinski definition) is 0. The van der Waals surface area contributed by atoms with Crippen molar-refractivity contribution < 1.29 is 19.4 Å². The number of nitro groups is 2. The van der Waals surface area contributed by atoms with Gasteiger partial charge in [-0.1, -0.05) is 17.4 Å². The third-order valence-electron chi connectivity index (χ3n) is 4.49. The second-order valence-corrected chi connectivity index (χ2v) is 8.05. The molecule has 11 nitrogen and oxygen atoms in total. The Hall–Kier alpha value is -3.64. The molecule has 0 bridgehead atoms. The highest BCUT2D eigenvalue weighted by Crippen LogP contribution is 2.35. The molecule has 168 valence electrons. The van der Waals surface area contributed by atoms with Crippen molar-refractivity contribution >= 4 is 44.0 Å². The van der Waals surface area contributed by atoms with Crippen LogP contribution in [0.5, 0.6) is 5.75 Å². The lowest BCUT2D eigenvalue weighted by atomic mass is 10.1. The highest BCUT2D eigenvalue weighted by atomic mass is 32.1. The van der Waals surface area contributed by atoms with E-state index in [-0.39, 0.29) is 12.1 Å². The minimum atomic E-state index is -0.764. The zero-order valence-corrected chi connectivity index (χ0v) is 18.5. The number of likely N-dealkylation sites (N-methyl/N-ethyl adjacent to an activating group) is 1. The van der Waals surface area contributed by atoms with Gasteiger partial charge >= 0.3 is 0 Å². The summed E-state index contributed by atoms with van der Waals surface area (Å²) < 4.78 is 6.43. The highest BCUT2D eigenvalue weighted by Gasteiger charge is 2.26. The Morgan fingerprint density at radius 2 is 1.75 bits per heavy atom. The molecule has 0 N–H and O–H groups in total. The molecule has 3 rings (SSSR count). The number of para-hydroxylation sites is 1. The van der Waals surface area contributed by atoms with E-state index in [2.05, 4.69) is 4.98 Å². The summed E-state index contributed by atoms with van der Waals surface area (Å²) in [6, 6.07) is 8.36. The smallest absolute Gasteiger partial charge is 0.277 e. The predicted octanol–water partition coefficient (Wildman–Crippen LogP) is 3.72. The number of amides is 1. The van der Waals surface area contributed by atoms with Crippen LogP contribution >= 0.6 is 11.3 Å². The van der Waals surface area contributed by atoms with Crippen LogP contribution < -0.4 is 9.64 Å². The number of anilines is 1. The summed E-state index contributed by atoms with van der Waals surface area (Å²) in [6.07, 6.45) is 0. The Morgan fingerprint density at radius 3 is 2.31 bits per heavy atom. The molecule has 1 aromatic heterocycles. The van der Waals surface area contributed by atoms with E-state index in [0.29, 0.717) is 29.5 Å². The van der Waals surface area contributed by atoms with Crippen molar-refractivity contribution in [1.29, 1.82) is 0 Å². The van der Waals surface area contributed by atoms with Gasteiger partial charge in [0.1, 0.15) is 11.3 Å². The number of ether oxygens (including phenoxy) is 1. The van der Waals surface area contributed by atoms with Crippen molar-refractivity contribution in [2.24, 2.45) is 0 Å². The van der Waals surface area contributed by atoms with E-state index in [1.807, 2.05) is 38.1 Å². The van der Waals surface area contributed by atoms with Crippen molar-refractivity contribution in [1.82, 2.24) is 9.88 Å². The van der Waals surface area contributed by atoms with Gasteiger partial charge in [0.2, 0.25) is 0 Å². The number of non-ortho nitro benzene ring substituents is 2. The van der Waals surface area contributed by atoms with Crippen LogP contribution in [0.25, 0.3) is 10.2 Å². The van der Waals surface area contributed by atoms with Gasteiger partial charge in [-0.2, -0.15) is 0 Å². The average Bonchev–Trinajstić information content (AvgIpc) is 3.18. The molecule has 1 heterocycles. The second kappa shape index (κ2) is 9.66. The molecule has 0 atom stereocenters. The van der Waals surface area contributed by atoms with Crippen LogP contribution in [-0.4, -0.2) is 59.4 Å². The van der Waals surface area contributed by atoms with Crippen molar-refractivity contribution in [3.05, 3.63) is 62.2 Å².